The fraction of sp³-hybridized carbons (Fsp3) is 0.200. The van der Waals surface area contributed by atoms with E-state index in [4.69, 9.17) is 16.3 Å². The Hall–Kier alpha value is -3.19. The van der Waals surface area contributed by atoms with Crippen LogP contribution in [0.1, 0.15) is 35.7 Å². The van der Waals surface area contributed by atoms with E-state index >= 15 is 0 Å². The van der Waals surface area contributed by atoms with Gasteiger partial charge in [0.05, 0.1) is 16.9 Å². The van der Waals surface area contributed by atoms with Gasteiger partial charge in [-0.25, -0.2) is 14.5 Å². The summed E-state index contributed by atoms with van der Waals surface area (Å²) in [6.45, 7) is 3.72. The first-order valence-corrected chi connectivity index (χ1v) is 9.03. The van der Waals surface area contributed by atoms with E-state index in [-0.39, 0.29) is 0 Å². The molecule has 1 heterocycles. The predicted octanol–water partition coefficient (Wildman–Crippen LogP) is 3.84. The van der Waals surface area contributed by atoms with Gasteiger partial charge in [-0.3, -0.25) is 4.79 Å². The summed E-state index contributed by atoms with van der Waals surface area (Å²) in [6, 6.07) is 12.1. The number of ether oxygens (including phenoxy) is 1. The van der Waals surface area contributed by atoms with Gasteiger partial charge in [0, 0.05) is 5.02 Å². The summed E-state index contributed by atoms with van der Waals surface area (Å²) in [6.07, 6.45) is 2.88. The molecule has 28 heavy (non-hydrogen) atoms. The van der Waals surface area contributed by atoms with Gasteiger partial charge in [-0.15, -0.1) is 0 Å². The molecule has 0 aliphatic heterocycles. The van der Waals surface area contributed by atoms with E-state index in [0.717, 1.165) is 5.56 Å². The lowest BCUT2D eigenvalue weighted by Crippen LogP contribution is -2.21. The van der Waals surface area contributed by atoms with Crippen molar-refractivity contribution in [3.8, 4) is 5.69 Å². The smallest absolute Gasteiger partial charge is 0.338 e. The normalized spacial score (nSPS) is 10.7. The number of hydrogen-bond donors (Lipinski definition) is 1. The van der Waals surface area contributed by atoms with Gasteiger partial charge < -0.3 is 10.1 Å². The number of amides is 1. The highest BCUT2D eigenvalue weighted by molar-refractivity contribution is 6.31. The standard InChI is InChI=1S/C20H19ClN4O3/c1-13(2)14-3-5-15(6-4-14)20(27)28-10-19(26)24-17-9-16(21)7-8-18(17)25-12-22-11-23-25/h3-9,11-13H,10H2,1-2H3,(H,24,26). The van der Waals surface area contributed by atoms with Crippen LogP contribution in [-0.4, -0.2) is 33.2 Å². The van der Waals surface area contributed by atoms with Gasteiger partial charge in [-0.1, -0.05) is 37.6 Å². The Labute approximate surface area is 167 Å². The van der Waals surface area contributed by atoms with Crippen LogP contribution in [0.25, 0.3) is 5.69 Å². The summed E-state index contributed by atoms with van der Waals surface area (Å²) in [5.41, 5.74) is 2.53. The molecule has 0 bridgehead atoms. The largest absolute Gasteiger partial charge is 0.452 e. The SMILES string of the molecule is CC(C)c1ccc(C(=O)OCC(=O)Nc2cc(Cl)ccc2-n2cncn2)cc1. The molecular formula is C20H19ClN4O3. The van der Waals surface area contributed by atoms with Gasteiger partial charge in [0.25, 0.3) is 5.91 Å². The Balaban J connectivity index is 1.63. The minimum Gasteiger partial charge on any atom is -0.452 e. The maximum absolute atomic E-state index is 12.2. The maximum Gasteiger partial charge on any atom is 0.338 e. The van der Waals surface area contributed by atoms with Gasteiger partial charge >= 0.3 is 5.97 Å². The second kappa shape index (κ2) is 8.67. The third kappa shape index (κ3) is 4.75. The average Bonchev–Trinajstić information content (AvgIpc) is 3.21. The van der Waals surface area contributed by atoms with Crippen LogP contribution >= 0.6 is 11.6 Å². The molecule has 1 aromatic heterocycles. The molecule has 0 aliphatic rings. The van der Waals surface area contributed by atoms with E-state index in [1.807, 2.05) is 12.1 Å². The number of rotatable bonds is 6. The van der Waals surface area contributed by atoms with Crippen LogP contribution in [0.15, 0.2) is 55.1 Å². The molecule has 0 spiro atoms. The summed E-state index contributed by atoms with van der Waals surface area (Å²) in [4.78, 5) is 28.3. The van der Waals surface area contributed by atoms with Crippen molar-refractivity contribution in [1.82, 2.24) is 14.8 Å². The van der Waals surface area contributed by atoms with Crippen molar-refractivity contribution >= 4 is 29.2 Å². The quantitative estimate of drug-likeness (QED) is 0.637. The number of nitrogens with one attached hydrogen (secondary N) is 1. The van der Waals surface area contributed by atoms with Crippen molar-refractivity contribution in [1.29, 1.82) is 0 Å². The van der Waals surface area contributed by atoms with Crippen molar-refractivity contribution in [3.05, 3.63) is 71.3 Å². The van der Waals surface area contributed by atoms with Gasteiger partial charge in [-0.05, 0) is 41.8 Å². The van der Waals surface area contributed by atoms with Gasteiger partial charge in [0.2, 0.25) is 0 Å². The van der Waals surface area contributed by atoms with E-state index in [1.165, 1.54) is 17.3 Å². The monoisotopic (exact) mass is 398 g/mol. The zero-order chi connectivity index (χ0) is 20.1. The zero-order valence-electron chi connectivity index (χ0n) is 15.4. The van der Waals surface area contributed by atoms with Gasteiger partial charge in [-0.2, -0.15) is 5.10 Å². The predicted molar refractivity (Wildman–Crippen MR) is 106 cm³/mol. The Kier molecular flexibility index (Phi) is 6.06. The lowest BCUT2D eigenvalue weighted by molar-refractivity contribution is -0.119. The first-order valence-electron chi connectivity index (χ1n) is 8.65. The Morgan fingerprint density at radius 3 is 2.57 bits per heavy atom. The first kappa shape index (κ1) is 19.6. The highest BCUT2D eigenvalue weighted by Crippen LogP contribution is 2.24. The number of anilines is 1. The van der Waals surface area contributed by atoms with Crippen LogP contribution in [0.4, 0.5) is 5.69 Å². The molecule has 8 heteroatoms. The number of halogens is 1. The number of hydrogen-bond acceptors (Lipinski definition) is 5. The molecule has 0 radical (unpaired) electrons. The fourth-order valence-corrected chi connectivity index (χ4v) is 2.72. The maximum atomic E-state index is 12.2. The van der Waals surface area contributed by atoms with E-state index in [9.17, 15) is 9.59 Å². The first-order chi connectivity index (χ1) is 13.4. The second-order valence-corrected chi connectivity index (χ2v) is 6.84. The van der Waals surface area contributed by atoms with E-state index in [2.05, 4.69) is 29.2 Å². The van der Waals surface area contributed by atoms with Crippen molar-refractivity contribution in [3.63, 3.8) is 0 Å². The summed E-state index contributed by atoms with van der Waals surface area (Å²) in [7, 11) is 0. The molecular weight excluding hydrogens is 380 g/mol. The molecule has 1 N–H and O–H groups in total. The molecule has 2 aromatic carbocycles. The summed E-state index contributed by atoms with van der Waals surface area (Å²) in [5, 5.41) is 7.17. The minimum atomic E-state index is -0.562. The highest BCUT2D eigenvalue weighted by atomic mass is 35.5. The Morgan fingerprint density at radius 2 is 1.93 bits per heavy atom. The van der Waals surface area contributed by atoms with Crippen LogP contribution in [-0.2, 0) is 9.53 Å². The summed E-state index contributed by atoms with van der Waals surface area (Å²) < 4.78 is 6.60. The van der Waals surface area contributed by atoms with Crippen LogP contribution in [0.2, 0.25) is 5.02 Å². The Bertz CT molecular complexity index is 970. The molecule has 0 unspecified atom stereocenters. The molecule has 0 aliphatic carbocycles. The molecule has 0 fully saturated rings. The van der Waals surface area contributed by atoms with Crippen molar-refractivity contribution in [2.24, 2.45) is 0 Å². The topological polar surface area (TPSA) is 86.1 Å². The number of nitrogens with zero attached hydrogens (tertiary/aromatic N) is 3. The third-order valence-corrected chi connectivity index (χ3v) is 4.28. The highest BCUT2D eigenvalue weighted by Gasteiger charge is 2.13. The van der Waals surface area contributed by atoms with Gasteiger partial charge in [0.15, 0.2) is 6.61 Å². The van der Waals surface area contributed by atoms with Crippen molar-refractivity contribution < 1.29 is 14.3 Å². The molecule has 0 saturated heterocycles. The number of esters is 1. The molecule has 3 aromatic rings. The van der Waals surface area contributed by atoms with Crippen LogP contribution in [0, 0.1) is 0 Å². The van der Waals surface area contributed by atoms with Crippen molar-refractivity contribution in [2.45, 2.75) is 19.8 Å². The second-order valence-electron chi connectivity index (χ2n) is 6.40. The van der Waals surface area contributed by atoms with Crippen LogP contribution < -0.4 is 5.32 Å². The number of benzene rings is 2. The van der Waals surface area contributed by atoms with Crippen LogP contribution in [0.3, 0.4) is 0 Å². The minimum absolute atomic E-state index is 0.368. The van der Waals surface area contributed by atoms with E-state index < -0.39 is 18.5 Å². The molecule has 144 valence electrons. The molecule has 1 amide bonds. The molecule has 0 atom stereocenters. The summed E-state index contributed by atoms with van der Waals surface area (Å²) >= 11 is 6.02. The Morgan fingerprint density at radius 1 is 1.18 bits per heavy atom. The lowest BCUT2D eigenvalue weighted by Gasteiger charge is -2.12. The molecule has 3 rings (SSSR count). The van der Waals surface area contributed by atoms with E-state index in [1.54, 1.807) is 30.3 Å². The van der Waals surface area contributed by atoms with Gasteiger partial charge in [0.1, 0.15) is 12.7 Å². The average molecular weight is 399 g/mol. The van der Waals surface area contributed by atoms with E-state index in [0.29, 0.717) is 27.9 Å². The number of carbonyl (C=O) groups excluding carboxylic acids is 2. The lowest BCUT2D eigenvalue weighted by atomic mass is 10.0. The zero-order valence-corrected chi connectivity index (χ0v) is 16.2. The van der Waals surface area contributed by atoms with Crippen molar-refractivity contribution in [2.75, 3.05) is 11.9 Å². The fourth-order valence-electron chi connectivity index (χ4n) is 2.55. The number of aromatic nitrogens is 3. The third-order valence-electron chi connectivity index (χ3n) is 4.05. The molecule has 0 saturated carbocycles. The molecule has 7 nitrogen and oxygen atoms in total. The summed E-state index contributed by atoms with van der Waals surface area (Å²) in [5.74, 6) is -0.684. The number of carbonyl (C=O) groups is 2. The van der Waals surface area contributed by atoms with Crippen LogP contribution in [0.5, 0.6) is 0 Å².